The molecule has 0 saturated heterocycles. The Bertz CT molecular complexity index is 148. The van der Waals surface area contributed by atoms with Gasteiger partial charge in [0, 0.05) is 6.04 Å². The number of carbonyl (C=O) groups excluding carboxylic acids is 2. The van der Waals surface area contributed by atoms with E-state index in [1.54, 1.807) is 0 Å². The molecule has 1 rings (SSSR count). The molecule has 1 fully saturated rings. The fraction of sp³-hybridized carbons (Fsp3) is 0.600. The second kappa shape index (κ2) is 2.39. The molecule has 0 aromatic heterocycles. The lowest BCUT2D eigenvalue weighted by Gasteiger charge is -1.89. The standard InChI is InChI=1S/C5H7NO2S/c7-2-6-4-1-3(4)5(8)9/h2-4H,1H2,(H,6,7)(H,8,9)/t3-,4+/m0/s1. The molecule has 0 aromatic rings. The minimum atomic E-state index is -0.130. The zero-order valence-corrected chi connectivity index (χ0v) is 5.60. The van der Waals surface area contributed by atoms with Gasteiger partial charge in [0.2, 0.25) is 6.41 Å². The summed E-state index contributed by atoms with van der Waals surface area (Å²) in [6.07, 6.45) is 1.36. The van der Waals surface area contributed by atoms with E-state index in [-0.39, 0.29) is 17.1 Å². The molecule has 2 atom stereocenters. The van der Waals surface area contributed by atoms with Gasteiger partial charge in [-0.1, -0.05) is 0 Å². The largest absolute Gasteiger partial charge is 0.355 e. The van der Waals surface area contributed by atoms with E-state index in [4.69, 9.17) is 0 Å². The van der Waals surface area contributed by atoms with Crippen LogP contribution in [0, 0.1) is 5.92 Å². The molecular weight excluding hydrogens is 138 g/mol. The predicted octanol–water partition coefficient (Wildman–Crippen LogP) is -0.423. The number of carbonyl (C=O) groups is 2. The van der Waals surface area contributed by atoms with Crippen molar-refractivity contribution in [3.05, 3.63) is 0 Å². The van der Waals surface area contributed by atoms with Crippen molar-refractivity contribution in [2.45, 2.75) is 12.5 Å². The van der Waals surface area contributed by atoms with Gasteiger partial charge in [-0.15, -0.1) is 12.6 Å². The smallest absolute Gasteiger partial charge is 0.207 e. The van der Waals surface area contributed by atoms with E-state index in [9.17, 15) is 9.59 Å². The van der Waals surface area contributed by atoms with Crippen molar-refractivity contribution in [3.8, 4) is 0 Å². The first-order chi connectivity index (χ1) is 4.25. The van der Waals surface area contributed by atoms with Crippen molar-refractivity contribution >= 4 is 24.2 Å². The minimum absolute atomic E-state index is 0.0291. The van der Waals surface area contributed by atoms with Crippen LogP contribution in [0.4, 0.5) is 0 Å². The molecule has 0 aromatic carbocycles. The van der Waals surface area contributed by atoms with Gasteiger partial charge in [-0.3, -0.25) is 9.59 Å². The highest BCUT2D eigenvalue weighted by atomic mass is 32.1. The topological polar surface area (TPSA) is 46.2 Å². The molecule has 1 saturated carbocycles. The molecule has 0 spiro atoms. The van der Waals surface area contributed by atoms with Crippen LogP contribution in [0.2, 0.25) is 0 Å². The summed E-state index contributed by atoms with van der Waals surface area (Å²) in [7, 11) is 0. The van der Waals surface area contributed by atoms with E-state index in [2.05, 4.69) is 17.9 Å². The van der Waals surface area contributed by atoms with Crippen LogP contribution in [0.3, 0.4) is 0 Å². The number of rotatable bonds is 3. The van der Waals surface area contributed by atoms with Crippen molar-refractivity contribution in [2.75, 3.05) is 0 Å². The highest BCUT2D eigenvalue weighted by Gasteiger charge is 2.41. The molecule has 0 aliphatic heterocycles. The summed E-state index contributed by atoms with van der Waals surface area (Å²) >= 11 is 3.61. The second-order valence-corrected chi connectivity index (χ2v) is 2.51. The third-order valence-electron chi connectivity index (χ3n) is 1.39. The molecule has 4 heteroatoms. The lowest BCUT2D eigenvalue weighted by atomic mass is 10.4. The van der Waals surface area contributed by atoms with E-state index < -0.39 is 0 Å². The van der Waals surface area contributed by atoms with Crippen LogP contribution in [0.1, 0.15) is 6.42 Å². The van der Waals surface area contributed by atoms with Crippen LogP contribution < -0.4 is 5.32 Å². The average Bonchev–Trinajstić information content (AvgIpc) is 2.47. The molecule has 1 aliphatic carbocycles. The Labute approximate surface area is 58.2 Å². The first kappa shape index (κ1) is 6.61. The molecule has 1 amide bonds. The second-order valence-electron chi connectivity index (χ2n) is 2.07. The van der Waals surface area contributed by atoms with Crippen molar-refractivity contribution in [1.29, 1.82) is 0 Å². The maximum atomic E-state index is 10.4. The maximum Gasteiger partial charge on any atom is 0.207 e. The van der Waals surface area contributed by atoms with Crippen molar-refractivity contribution < 1.29 is 9.59 Å². The summed E-state index contributed by atoms with van der Waals surface area (Å²) in [6.45, 7) is 0. The third kappa shape index (κ3) is 1.45. The normalized spacial score (nSPS) is 31.2. The summed E-state index contributed by atoms with van der Waals surface area (Å²) in [4.78, 5) is 20.2. The van der Waals surface area contributed by atoms with E-state index in [0.29, 0.717) is 6.41 Å². The number of hydrogen-bond donors (Lipinski definition) is 2. The monoisotopic (exact) mass is 145 g/mol. The molecule has 9 heavy (non-hydrogen) atoms. The Morgan fingerprint density at radius 2 is 2.44 bits per heavy atom. The first-order valence-electron chi connectivity index (χ1n) is 2.68. The molecule has 3 nitrogen and oxygen atoms in total. The lowest BCUT2D eigenvalue weighted by Crippen LogP contribution is -2.16. The van der Waals surface area contributed by atoms with Crippen LogP contribution in [-0.2, 0) is 9.59 Å². The number of nitrogens with one attached hydrogen (secondary N) is 1. The van der Waals surface area contributed by atoms with Crippen LogP contribution >= 0.6 is 12.6 Å². The summed E-state index contributed by atoms with van der Waals surface area (Å²) in [5.41, 5.74) is 0. The van der Waals surface area contributed by atoms with Gasteiger partial charge in [-0.05, 0) is 6.42 Å². The van der Waals surface area contributed by atoms with Gasteiger partial charge in [0.25, 0.3) is 0 Å². The van der Waals surface area contributed by atoms with Crippen LogP contribution in [0.15, 0.2) is 0 Å². The van der Waals surface area contributed by atoms with Gasteiger partial charge in [-0.25, -0.2) is 0 Å². The van der Waals surface area contributed by atoms with Gasteiger partial charge in [0.05, 0.1) is 5.92 Å². The SMILES string of the molecule is O=CN[C@@H]1C[C@@H]1C(=O)S. The average molecular weight is 145 g/mol. The van der Waals surface area contributed by atoms with Gasteiger partial charge in [-0.2, -0.15) is 0 Å². The fourth-order valence-corrected chi connectivity index (χ4v) is 1.02. The molecule has 50 valence electrons. The number of amides is 1. The van der Waals surface area contributed by atoms with Gasteiger partial charge < -0.3 is 5.32 Å². The Balaban J connectivity index is 2.24. The molecule has 1 aliphatic rings. The summed E-state index contributed by atoms with van der Waals surface area (Å²) in [6, 6.07) is 0.0625. The minimum Gasteiger partial charge on any atom is -0.355 e. The molecule has 0 unspecified atom stereocenters. The highest BCUT2D eigenvalue weighted by molar-refractivity contribution is 7.96. The zero-order valence-electron chi connectivity index (χ0n) is 4.70. The first-order valence-corrected chi connectivity index (χ1v) is 3.13. The quantitative estimate of drug-likeness (QED) is 0.418. The van der Waals surface area contributed by atoms with E-state index >= 15 is 0 Å². The highest BCUT2D eigenvalue weighted by Crippen LogP contribution is 2.31. The van der Waals surface area contributed by atoms with E-state index in [0.717, 1.165) is 6.42 Å². The van der Waals surface area contributed by atoms with Crippen LogP contribution in [0.5, 0.6) is 0 Å². The van der Waals surface area contributed by atoms with E-state index in [1.165, 1.54) is 0 Å². The fourth-order valence-electron chi connectivity index (χ4n) is 0.740. The molecule has 0 heterocycles. The number of hydrogen-bond acceptors (Lipinski definition) is 2. The van der Waals surface area contributed by atoms with Gasteiger partial charge in [0.1, 0.15) is 0 Å². The molecular formula is C5H7NO2S. The van der Waals surface area contributed by atoms with Gasteiger partial charge >= 0.3 is 0 Å². The lowest BCUT2D eigenvalue weighted by molar-refractivity contribution is -0.112. The Hall–Kier alpha value is -0.510. The van der Waals surface area contributed by atoms with Crippen LogP contribution in [0.25, 0.3) is 0 Å². The van der Waals surface area contributed by atoms with Gasteiger partial charge in [0.15, 0.2) is 5.12 Å². The summed E-state index contributed by atoms with van der Waals surface area (Å²) < 4.78 is 0. The Morgan fingerprint density at radius 1 is 1.78 bits per heavy atom. The summed E-state index contributed by atoms with van der Waals surface area (Å²) in [5.74, 6) is -0.0291. The molecule has 0 bridgehead atoms. The predicted molar refractivity (Wildman–Crippen MR) is 35.1 cm³/mol. The summed E-state index contributed by atoms with van der Waals surface area (Å²) in [5, 5.41) is 2.37. The third-order valence-corrected chi connectivity index (χ3v) is 1.72. The molecule has 0 radical (unpaired) electrons. The maximum absolute atomic E-state index is 10.4. The molecule has 1 N–H and O–H groups in total. The van der Waals surface area contributed by atoms with Crippen molar-refractivity contribution in [3.63, 3.8) is 0 Å². The van der Waals surface area contributed by atoms with E-state index in [1.807, 2.05) is 0 Å². The van der Waals surface area contributed by atoms with Crippen LogP contribution in [-0.4, -0.2) is 17.6 Å². The number of thiol groups is 1. The Kier molecular flexibility index (Phi) is 1.75. The zero-order chi connectivity index (χ0) is 6.85. The Morgan fingerprint density at radius 3 is 2.78 bits per heavy atom. The van der Waals surface area contributed by atoms with Crippen molar-refractivity contribution in [2.24, 2.45) is 5.92 Å². The van der Waals surface area contributed by atoms with Crippen molar-refractivity contribution in [1.82, 2.24) is 5.32 Å².